The number of hydrogen-bond acceptors (Lipinski definition) is 5. The van der Waals surface area contributed by atoms with Gasteiger partial charge in [0.25, 0.3) is 0 Å². The number of rotatable bonds is 2. The number of piperidine rings is 1. The van der Waals surface area contributed by atoms with Gasteiger partial charge in [-0.05, 0) is 45.2 Å². The Labute approximate surface area is 130 Å². The van der Waals surface area contributed by atoms with Crippen LogP contribution < -0.4 is 4.90 Å². The molecule has 0 radical (unpaired) electrons. The Hall–Kier alpha value is -1.69. The molecule has 0 spiro atoms. The minimum Gasteiger partial charge on any atom is -0.481 e. The van der Waals surface area contributed by atoms with Crippen molar-refractivity contribution in [2.45, 2.75) is 25.7 Å². The molecular formula is C16H22N4O2. The van der Waals surface area contributed by atoms with Gasteiger partial charge >= 0.3 is 5.97 Å². The van der Waals surface area contributed by atoms with Crippen LogP contribution in [0, 0.1) is 11.3 Å². The Kier molecular flexibility index (Phi) is 3.11. The van der Waals surface area contributed by atoms with E-state index in [1.165, 1.54) is 5.56 Å². The Morgan fingerprint density at radius 2 is 2.23 bits per heavy atom. The number of nitrogens with zero attached hydrogens (tertiary/aromatic N) is 4. The molecule has 3 aliphatic rings. The van der Waals surface area contributed by atoms with Crippen molar-refractivity contribution in [2.75, 3.05) is 38.1 Å². The summed E-state index contributed by atoms with van der Waals surface area (Å²) in [5.41, 5.74) is 1.75. The molecule has 0 unspecified atom stereocenters. The molecule has 1 aromatic heterocycles. The van der Waals surface area contributed by atoms with Crippen molar-refractivity contribution < 1.29 is 9.90 Å². The number of anilines is 1. The van der Waals surface area contributed by atoms with E-state index in [0.29, 0.717) is 13.1 Å². The summed E-state index contributed by atoms with van der Waals surface area (Å²) in [6.45, 7) is 3.00. The van der Waals surface area contributed by atoms with Gasteiger partial charge in [0.05, 0.1) is 0 Å². The SMILES string of the molecule is CN1CC[C@H]2CN(c3ncnc4c3CCC4)C[C@@]2(C(=O)O)C1. The summed E-state index contributed by atoms with van der Waals surface area (Å²) in [5, 5.41) is 9.89. The molecule has 0 bridgehead atoms. The molecule has 2 fully saturated rings. The summed E-state index contributed by atoms with van der Waals surface area (Å²) in [6, 6.07) is 0. The molecular weight excluding hydrogens is 280 g/mol. The van der Waals surface area contributed by atoms with E-state index in [-0.39, 0.29) is 5.92 Å². The van der Waals surface area contributed by atoms with Crippen LogP contribution in [0.4, 0.5) is 5.82 Å². The predicted octanol–water partition coefficient (Wildman–Crippen LogP) is 0.808. The number of carbonyl (C=O) groups is 1. The third-order valence-corrected chi connectivity index (χ3v) is 5.68. The third kappa shape index (κ3) is 1.93. The van der Waals surface area contributed by atoms with E-state index in [2.05, 4.69) is 19.8 Å². The van der Waals surface area contributed by atoms with Gasteiger partial charge in [-0.25, -0.2) is 9.97 Å². The minimum atomic E-state index is -0.655. The molecule has 1 aliphatic carbocycles. The van der Waals surface area contributed by atoms with E-state index in [0.717, 1.165) is 50.3 Å². The maximum atomic E-state index is 12.0. The number of hydrogen-bond donors (Lipinski definition) is 1. The van der Waals surface area contributed by atoms with Crippen molar-refractivity contribution in [1.29, 1.82) is 0 Å². The number of likely N-dealkylation sites (tertiary alicyclic amines) is 1. The fourth-order valence-electron chi connectivity index (χ4n) is 4.54. The molecule has 1 aromatic rings. The highest BCUT2D eigenvalue weighted by molar-refractivity contribution is 5.78. The second-order valence-corrected chi connectivity index (χ2v) is 7.04. The summed E-state index contributed by atoms with van der Waals surface area (Å²) in [6.07, 6.45) is 5.76. The van der Waals surface area contributed by atoms with Crippen molar-refractivity contribution in [3.05, 3.63) is 17.6 Å². The first kappa shape index (κ1) is 13.9. The van der Waals surface area contributed by atoms with Crippen LogP contribution in [0.15, 0.2) is 6.33 Å². The fraction of sp³-hybridized carbons (Fsp3) is 0.688. The van der Waals surface area contributed by atoms with Gasteiger partial charge in [0.2, 0.25) is 0 Å². The van der Waals surface area contributed by atoms with E-state index in [1.54, 1.807) is 6.33 Å². The highest BCUT2D eigenvalue weighted by Gasteiger charge is 2.55. The first-order valence-corrected chi connectivity index (χ1v) is 8.10. The zero-order valence-electron chi connectivity index (χ0n) is 13.0. The van der Waals surface area contributed by atoms with E-state index >= 15 is 0 Å². The van der Waals surface area contributed by atoms with Gasteiger partial charge in [0.1, 0.15) is 17.6 Å². The molecule has 0 aromatic carbocycles. The summed E-state index contributed by atoms with van der Waals surface area (Å²) in [7, 11) is 2.02. The lowest BCUT2D eigenvalue weighted by Crippen LogP contribution is -2.52. The number of carboxylic acid groups (broad SMARTS) is 1. The average Bonchev–Trinajstić information content (AvgIpc) is 3.10. The average molecular weight is 302 g/mol. The standard InChI is InChI=1S/C16H22N4O2/c1-19-6-5-11-7-20(9-16(11,8-19)15(21)22)14-12-3-2-4-13(12)17-10-18-14/h10-11H,2-9H2,1H3,(H,21,22)/t11-,16-/m0/s1. The summed E-state index contributed by atoms with van der Waals surface area (Å²) < 4.78 is 0. The molecule has 118 valence electrons. The normalized spacial score (nSPS) is 31.1. The van der Waals surface area contributed by atoms with Crippen molar-refractivity contribution >= 4 is 11.8 Å². The van der Waals surface area contributed by atoms with Crippen LogP contribution in [0.5, 0.6) is 0 Å². The monoisotopic (exact) mass is 302 g/mol. The van der Waals surface area contributed by atoms with Crippen LogP contribution in [0.2, 0.25) is 0 Å². The summed E-state index contributed by atoms with van der Waals surface area (Å²) in [5.74, 6) is 0.547. The molecule has 6 heteroatoms. The Bertz CT molecular complexity index is 620. The van der Waals surface area contributed by atoms with Gasteiger partial charge in [-0.3, -0.25) is 4.79 Å². The highest BCUT2D eigenvalue weighted by atomic mass is 16.4. The lowest BCUT2D eigenvalue weighted by Gasteiger charge is -2.39. The molecule has 2 saturated heterocycles. The number of carboxylic acids is 1. The van der Waals surface area contributed by atoms with E-state index in [4.69, 9.17) is 0 Å². The molecule has 0 amide bonds. The Balaban J connectivity index is 1.69. The largest absolute Gasteiger partial charge is 0.481 e. The Morgan fingerprint density at radius 1 is 1.36 bits per heavy atom. The first-order valence-electron chi connectivity index (χ1n) is 8.10. The molecule has 0 saturated carbocycles. The maximum absolute atomic E-state index is 12.0. The maximum Gasteiger partial charge on any atom is 0.313 e. The van der Waals surface area contributed by atoms with Crippen LogP contribution >= 0.6 is 0 Å². The highest BCUT2D eigenvalue weighted by Crippen LogP contribution is 2.44. The van der Waals surface area contributed by atoms with Crippen LogP contribution in [-0.4, -0.2) is 59.2 Å². The van der Waals surface area contributed by atoms with Gasteiger partial charge in [-0.2, -0.15) is 0 Å². The quantitative estimate of drug-likeness (QED) is 0.872. The second-order valence-electron chi connectivity index (χ2n) is 7.04. The smallest absolute Gasteiger partial charge is 0.313 e. The van der Waals surface area contributed by atoms with Crippen LogP contribution in [0.25, 0.3) is 0 Å². The third-order valence-electron chi connectivity index (χ3n) is 5.68. The lowest BCUT2D eigenvalue weighted by atomic mass is 9.73. The van der Waals surface area contributed by atoms with Crippen LogP contribution in [-0.2, 0) is 17.6 Å². The Morgan fingerprint density at radius 3 is 3.05 bits per heavy atom. The van der Waals surface area contributed by atoms with Crippen molar-refractivity contribution in [2.24, 2.45) is 11.3 Å². The fourth-order valence-corrected chi connectivity index (χ4v) is 4.54. The number of aryl methyl sites for hydroxylation is 1. The number of aromatic nitrogens is 2. The second kappa shape index (κ2) is 4.91. The van der Waals surface area contributed by atoms with Gasteiger partial charge in [0, 0.05) is 30.9 Å². The zero-order chi connectivity index (χ0) is 15.3. The molecule has 1 N–H and O–H groups in total. The van der Waals surface area contributed by atoms with E-state index < -0.39 is 11.4 Å². The van der Waals surface area contributed by atoms with Crippen LogP contribution in [0.3, 0.4) is 0 Å². The molecule has 2 aliphatic heterocycles. The van der Waals surface area contributed by atoms with Gasteiger partial charge in [-0.1, -0.05) is 0 Å². The number of fused-ring (bicyclic) bond motifs is 2. The molecule has 4 rings (SSSR count). The lowest BCUT2D eigenvalue weighted by molar-refractivity contribution is -0.153. The number of aliphatic carboxylic acids is 1. The molecule has 22 heavy (non-hydrogen) atoms. The van der Waals surface area contributed by atoms with Crippen molar-refractivity contribution in [1.82, 2.24) is 14.9 Å². The van der Waals surface area contributed by atoms with Gasteiger partial charge < -0.3 is 14.9 Å². The van der Waals surface area contributed by atoms with Crippen molar-refractivity contribution in [3.8, 4) is 0 Å². The molecule has 6 nitrogen and oxygen atoms in total. The zero-order valence-corrected chi connectivity index (χ0v) is 13.0. The summed E-state index contributed by atoms with van der Waals surface area (Å²) >= 11 is 0. The van der Waals surface area contributed by atoms with E-state index in [9.17, 15) is 9.90 Å². The van der Waals surface area contributed by atoms with Crippen molar-refractivity contribution in [3.63, 3.8) is 0 Å². The van der Waals surface area contributed by atoms with Crippen LogP contribution in [0.1, 0.15) is 24.1 Å². The predicted molar refractivity (Wildman–Crippen MR) is 81.9 cm³/mol. The minimum absolute atomic E-state index is 0.216. The van der Waals surface area contributed by atoms with E-state index in [1.807, 2.05) is 7.05 Å². The molecule has 3 heterocycles. The summed E-state index contributed by atoms with van der Waals surface area (Å²) in [4.78, 5) is 25.3. The van der Waals surface area contributed by atoms with Gasteiger partial charge in [-0.15, -0.1) is 0 Å². The topological polar surface area (TPSA) is 69.6 Å². The molecule has 2 atom stereocenters. The first-order chi connectivity index (χ1) is 10.6. The van der Waals surface area contributed by atoms with Gasteiger partial charge in [0.15, 0.2) is 0 Å².